The fraction of sp³-hybridized carbons (Fsp3) is 0.727. The fourth-order valence-electron chi connectivity index (χ4n) is 5.98. The first-order chi connectivity index (χ1) is 11.7. The molecule has 0 radical (unpaired) electrons. The lowest BCUT2D eigenvalue weighted by atomic mass is 10.0. The summed E-state index contributed by atoms with van der Waals surface area (Å²) in [7, 11) is -5.28. The highest BCUT2D eigenvalue weighted by Crippen LogP contribution is 2.45. The number of hydrogen-bond acceptors (Lipinski definition) is 0. The van der Waals surface area contributed by atoms with Crippen LogP contribution in [-0.2, 0) is 0 Å². The van der Waals surface area contributed by atoms with Gasteiger partial charge in [0.05, 0.1) is 0 Å². The molecule has 156 valence electrons. The molecule has 1 aromatic rings. The Kier molecular flexibility index (Phi) is 7.59. The van der Waals surface area contributed by atoms with E-state index in [-0.39, 0.29) is 0 Å². The van der Waals surface area contributed by atoms with E-state index in [1.54, 1.807) is 11.1 Å². The SMILES string of the molecule is Cc1c(C([Si](C)(C)C)[Si](C)(C)C)cc(C([Si](C)(C)C)[Si](C)(C)C)c(C)c1Br. The lowest BCUT2D eigenvalue weighted by Gasteiger charge is -2.43. The molecular weight excluding hydrogens is 456 g/mol. The highest BCUT2D eigenvalue weighted by atomic mass is 79.9. The van der Waals surface area contributed by atoms with Crippen molar-refractivity contribution in [2.45, 2.75) is 103 Å². The van der Waals surface area contributed by atoms with Crippen LogP contribution in [0.4, 0.5) is 0 Å². The van der Waals surface area contributed by atoms with Crippen molar-refractivity contribution in [2.24, 2.45) is 0 Å². The lowest BCUT2D eigenvalue weighted by Crippen LogP contribution is -2.48. The Hall–Kier alpha value is 0.568. The maximum Gasteiger partial charge on any atom is 0.0493 e. The third kappa shape index (κ3) is 5.80. The Balaban J connectivity index is 3.93. The van der Waals surface area contributed by atoms with E-state index in [2.05, 4.69) is 114 Å². The van der Waals surface area contributed by atoms with Crippen LogP contribution in [0.3, 0.4) is 0 Å². The van der Waals surface area contributed by atoms with E-state index in [4.69, 9.17) is 0 Å². The number of hydrogen-bond donors (Lipinski definition) is 0. The van der Waals surface area contributed by atoms with Gasteiger partial charge in [0.1, 0.15) is 0 Å². The van der Waals surface area contributed by atoms with E-state index in [1.807, 2.05) is 0 Å². The third-order valence-electron chi connectivity index (χ3n) is 5.92. The van der Waals surface area contributed by atoms with Gasteiger partial charge in [-0.15, -0.1) is 0 Å². The average Bonchev–Trinajstić information content (AvgIpc) is 2.35. The Morgan fingerprint density at radius 3 is 0.963 bits per heavy atom. The summed E-state index contributed by atoms with van der Waals surface area (Å²) in [6.45, 7) is 35.7. The van der Waals surface area contributed by atoms with Crippen LogP contribution in [0.2, 0.25) is 78.6 Å². The summed E-state index contributed by atoms with van der Waals surface area (Å²) in [6.07, 6.45) is 0. The van der Waals surface area contributed by atoms with Crippen molar-refractivity contribution in [3.8, 4) is 0 Å². The molecule has 0 aliphatic carbocycles. The predicted octanol–water partition coefficient (Wildman–Crippen LogP) is 8.74. The van der Waals surface area contributed by atoms with E-state index >= 15 is 0 Å². The van der Waals surface area contributed by atoms with E-state index in [0.29, 0.717) is 0 Å². The molecule has 0 saturated carbocycles. The zero-order valence-corrected chi connectivity index (χ0v) is 26.2. The largest absolute Gasteiger partial charge is 0.0693 e. The molecule has 0 heterocycles. The molecule has 0 unspecified atom stereocenters. The molecular formula is C22H45BrSi4. The van der Waals surface area contributed by atoms with E-state index in [1.165, 1.54) is 15.6 Å². The van der Waals surface area contributed by atoms with E-state index < -0.39 is 32.3 Å². The Bertz CT molecular complexity index is 598. The summed E-state index contributed by atoms with van der Waals surface area (Å²) in [5, 5.41) is 1.59. The first-order valence-corrected chi connectivity index (χ1v) is 25.6. The molecule has 0 amide bonds. The summed E-state index contributed by atoms with van der Waals surface area (Å²) >= 11 is 4.05. The zero-order chi connectivity index (χ0) is 21.7. The van der Waals surface area contributed by atoms with Gasteiger partial charge < -0.3 is 0 Å². The monoisotopic (exact) mass is 500 g/mol. The van der Waals surface area contributed by atoms with Gasteiger partial charge in [-0.05, 0) is 46.4 Å². The fourth-order valence-corrected chi connectivity index (χ4v) is 32.2. The average molecular weight is 502 g/mol. The molecule has 0 aliphatic heterocycles. The van der Waals surface area contributed by atoms with E-state index in [0.717, 1.165) is 10.3 Å². The Morgan fingerprint density at radius 2 is 0.778 bits per heavy atom. The second-order valence-corrected chi connectivity index (χ2v) is 36.1. The first-order valence-electron chi connectivity index (χ1n) is 10.5. The van der Waals surface area contributed by atoms with Crippen molar-refractivity contribution in [1.29, 1.82) is 0 Å². The Morgan fingerprint density at radius 1 is 0.556 bits per heavy atom. The standard InChI is InChI=1S/C22H45BrSi4/c1-16-18(21(24(3,4)5)25(6,7)8)15-19(17(2)20(16)23)22(26(9,10)11)27(12,13)14/h15,21-22H,1-14H3. The van der Waals surface area contributed by atoms with Gasteiger partial charge in [-0.3, -0.25) is 0 Å². The smallest absolute Gasteiger partial charge is 0.0493 e. The van der Waals surface area contributed by atoms with Crippen molar-refractivity contribution in [1.82, 2.24) is 0 Å². The number of benzene rings is 1. The molecule has 1 aromatic carbocycles. The van der Waals surface area contributed by atoms with Crippen LogP contribution in [0.5, 0.6) is 0 Å². The molecule has 0 N–H and O–H groups in total. The predicted molar refractivity (Wildman–Crippen MR) is 142 cm³/mol. The lowest BCUT2D eigenvalue weighted by molar-refractivity contribution is 1.07. The molecule has 0 spiro atoms. The minimum atomic E-state index is -1.32. The zero-order valence-electron chi connectivity index (χ0n) is 20.6. The van der Waals surface area contributed by atoms with Crippen LogP contribution >= 0.6 is 15.9 Å². The molecule has 27 heavy (non-hydrogen) atoms. The molecule has 0 aliphatic rings. The quantitative estimate of drug-likeness (QED) is 0.342. The van der Waals surface area contributed by atoms with Gasteiger partial charge in [-0.25, -0.2) is 0 Å². The van der Waals surface area contributed by atoms with Crippen LogP contribution in [-0.4, -0.2) is 32.3 Å². The van der Waals surface area contributed by atoms with Crippen LogP contribution in [0.15, 0.2) is 10.5 Å². The summed E-state index contributed by atoms with van der Waals surface area (Å²) in [5.41, 5.74) is 6.39. The van der Waals surface area contributed by atoms with Gasteiger partial charge in [-0.1, -0.05) is 101 Å². The van der Waals surface area contributed by atoms with Crippen molar-refractivity contribution in [2.75, 3.05) is 0 Å². The van der Waals surface area contributed by atoms with Gasteiger partial charge in [-0.2, -0.15) is 0 Å². The van der Waals surface area contributed by atoms with Crippen molar-refractivity contribution in [3.63, 3.8) is 0 Å². The van der Waals surface area contributed by atoms with Crippen LogP contribution in [0.1, 0.15) is 32.6 Å². The molecule has 0 fully saturated rings. The summed E-state index contributed by atoms with van der Waals surface area (Å²) in [6, 6.07) is 2.71. The topological polar surface area (TPSA) is 0 Å². The van der Waals surface area contributed by atoms with E-state index in [9.17, 15) is 0 Å². The van der Waals surface area contributed by atoms with Crippen LogP contribution in [0, 0.1) is 13.8 Å². The van der Waals surface area contributed by atoms with Gasteiger partial charge in [0.25, 0.3) is 0 Å². The molecule has 5 heteroatoms. The highest BCUT2D eigenvalue weighted by molar-refractivity contribution is 9.10. The first kappa shape index (κ1) is 25.6. The second kappa shape index (κ2) is 8.01. The van der Waals surface area contributed by atoms with Crippen molar-refractivity contribution >= 4 is 48.2 Å². The van der Waals surface area contributed by atoms with Crippen LogP contribution in [0.25, 0.3) is 0 Å². The second-order valence-electron chi connectivity index (χ2n) is 12.9. The molecule has 0 aromatic heterocycles. The van der Waals surface area contributed by atoms with Crippen molar-refractivity contribution in [3.05, 3.63) is 32.8 Å². The maximum atomic E-state index is 4.05. The number of rotatable bonds is 6. The number of halogens is 1. The minimum Gasteiger partial charge on any atom is -0.0693 e. The van der Waals surface area contributed by atoms with Gasteiger partial charge >= 0.3 is 0 Å². The summed E-state index contributed by atoms with van der Waals surface area (Å²) < 4.78 is 1.39. The molecule has 1 rings (SSSR count). The van der Waals surface area contributed by atoms with Gasteiger partial charge in [0.2, 0.25) is 0 Å². The van der Waals surface area contributed by atoms with Crippen LogP contribution < -0.4 is 0 Å². The normalized spacial score (nSPS) is 14.4. The molecule has 0 bridgehead atoms. The highest BCUT2D eigenvalue weighted by Gasteiger charge is 2.43. The maximum absolute atomic E-state index is 4.05. The molecule has 0 nitrogen and oxygen atoms in total. The van der Waals surface area contributed by atoms with Gasteiger partial charge in [0.15, 0.2) is 0 Å². The summed E-state index contributed by atoms with van der Waals surface area (Å²) in [5.74, 6) is 0. The van der Waals surface area contributed by atoms with Gasteiger partial charge in [0, 0.05) is 36.8 Å². The van der Waals surface area contributed by atoms with Crippen molar-refractivity contribution < 1.29 is 0 Å². The third-order valence-corrected chi connectivity index (χ3v) is 25.7. The molecule has 0 atom stereocenters. The minimum absolute atomic E-state index is 0.796. The summed E-state index contributed by atoms with van der Waals surface area (Å²) in [4.78, 5) is 0. The Labute approximate surface area is 183 Å². The molecule has 0 saturated heterocycles.